The number of aliphatic hydroxyl groups excluding tert-OH is 1. The van der Waals surface area contributed by atoms with E-state index in [4.69, 9.17) is 39.2 Å². The molecule has 0 aromatic carbocycles. The molecule has 8 N–H and O–H groups in total. The second-order valence-corrected chi connectivity index (χ2v) is 13.6. The Hall–Kier alpha value is -3.47. The number of aliphatic hydroxyl groups is 1. The lowest BCUT2D eigenvalue weighted by molar-refractivity contribution is -0.0591. The molecular formula is C21H25FN10O12P2. The summed E-state index contributed by atoms with van der Waals surface area (Å²) in [7, 11) is -9.78. The summed E-state index contributed by atoms with van der Waals surface area (Å²) in [6.07, 6.45) is -10.6. The highest BCUT2D eigenvalue weighted by atomic mass is 31.2. The molecule has 0 spiro atoms. The summed E-state index contributed by atoms with van der Waals surface area (Å²) >= 11 is 0. The molecule has 4 aromatic rings. The predicted molar refractivity (Wildman–Crippen MR) is 147 cm³/mol. The van der Waals surface area contributed by atoms with Crippen LogP contribution in [0.4, 0.5) is 16.2 Å². The quantitative estimate of drug-likeness (QED) is 0.133. The van der Waals surface area contributed by atoms with Gasteiger partial charge in [-0.05, 0) is 0 Å². The van der Waals surface area contributed by atoms with Crippen LogP contribution in [0.2, 0.25) is 0 Å². The van der Waals surface area contributed by atoms with Gasteiger partial charge in [0.25, 0.3) is 5.56 Å². The fourth-order valence-electron chi connectivity index (χ4n) is 5.41. The molecule has 0 bridgehead atoms. The first kappa shape index (κ1) is 31.1. The Labute approximate surface area is 254 Å². The fraction of sp³-hybridized carbons (Fsp3) is 0.524. The van der Waals surface area contributed by atoms with E-state index in [0.29, 0.717) is 0 Å². The highest BCUT2D eigenvalue weighted by molar-refractivity contribution is 7.52. The molecule has 248 valence electrons. The number of nitrogen functional groups attached to an aromatic ring is 2. The van der Waals surface area contributed by atoms with Crippen molar-refractivity contribution in [1.82, 2.24) is 39.0 Å². The summed E-state index contributed by atoms with van der Waals surface area (Å²) < 4.78 is 76.8. The molecule has 0 aliphatic carbocycles. The number of nitrogens with zero attached hydrogens (tertiary/aromatic N) is 7. The number of phosphoric ester groups is 1. The van der Waals surface area contributed by atoms with E-state index in [0.717, 1.165) is 17.2 Å². The lowest BCUT2D eigenvalue weighted by Crippen LogP contribution is -2.36. The maximum absolute atomic E-state index is 15.8. The Morgan fingerprint density at radius 3 is 2.39 bits per heavy atom. The average Bonchev–Trinajstić information content (AvgIpc) is 3.75. The first-order valence-corrected chi connectivity index (χ1v) is 16.6. The first-order valence-electron chi connectivity index (χ1n) is 13.3. The number of hydrogen-bond acceptors (Lipinski definition) is 17. The van der Waals surface area contributed by atoms with Gasteiger partial charge < -0.3 is 45.1 Å². The summed E-state index contributed by atoms with van der Waals surface area (Å²) in [5.41, 5.74) is 10.8. The van der Waals surface area contributed by atoms with Crippen molar-refractivity contribution in [2.75, 3.05) is 31.0 Å². The summed E-state index contributed by atoms with van der Waals surface area (Å²) in [6.45, 7) is -1.60. The van der Waals surface area contributed by atoms with Gasteiger partial charge in [0.2, 0.25) is 5.95 Å². The van der Waals surface area contributed by atoms with Crippen LogP contribution in [0.25, 0.3) is 22.3 Å². The van der Waals surface area contributed by atoms with Crippen molar-refractivity contribution in [2.45, 2.75) is 49.1 Å². The minimum atomic E-state index is -5.11. The molecule has 3 aliphatic heterocycles. The number of anilines is 2. The number of H-pyrrole nitrogens is 1. The Bertz CT molecular complexity index is 1960. The van der Waals surface area contributed by atoms with Crippen LogP contribution in [0.3, 0.4) is 0 Å². The van der Waals surface area contributed by atoms with E-state index in [1.165, 1.54) is 10.9 Å². The van der Waals surface area contributed by atoms with Crippen LogP contribution in [-0.4, -0.2) is 110 Å². The molecular weight excluding hydrogens is 665 g/mol. The number of ether oxygens (including phenoxy) is 3. The molecule has 0 saturated carbocycles. The highest BCUT2D eigenvalue weighted by Crippen LogP contribution is 2.52. The number of hydrogen-bond donors (Lipinski definition) is 6. The number of phosphoric acid groups is 1. The normalized spacial score (nSPS) is 37.4. The largest absolute Gasteiger partial charge is 0.472 e. The number of nitrogens with one attached hydrogen (secondary N) is 1. The SMILES string of the molecule is Nc1nc2c(ncn2[C@@H]2O[C@@H]3COP(=O)(O)COC4C(F)[C@H](n5cnc6c(N)ncnc65)O[C@@H]4COP(=O)(O)OC3C2O)c(=O)[nH]1. The minimum Gasteiger partial charge on any atom is -0.386 e. The number of fused-ring (bicyclic) bond motifs is 4. The number of nitrogens with two attached hydrogens (primary N) is 2. The van der Waals surface area contributed by atoms with Crippen molar-refractivity contribution in [3.8, 4) is 0 Å². The van der Waals surface area contributed by atoms with E-state index in [9.17, 15) is 28.8 Å². The second-order valence-electron chi connectivity index (χ2n) is 10.5. The predicted octanol–water partition coefficient (Wildman–Crippen LogP) is -1.32. The molecule has 4 aromatic heterocycles. The van der Waals surface area contributed by atoms with E-state index in [1.807, 2.05) is 0 Å². The van der Waals surface area contributed by atoms with E-state index in [2.05, 4.69) is 29.9 Å². The van der Waals surface area contributed by atoms with Crippen molar-refractivity contribution >= 4 is 49.5 Å². The van der Waals surface area contributed by atoms with Crippen LogP contribution in [0.1, 0.15) is 12.5 Å². The molecule has 7 heterocycles. The fourth-order valence-corrected chi connectivity index (χ4v) is 7.19. The molecule has 3 fully saturated rings. The molecule has 3 aliphatic rings. The van der Waals surface area contributed by atoms with Gasteiger partial charge in [-0.3, -0.25) is 32.5 Å². The van der Waals surface area contributed by atoms with Gasteiger partial charge in [-0.2, -0.15) is 4.98 Å². The number of halogens is 1. The summed E-state index contributed by atoms with van der Waals surface area (Å²) in [5, 5.41) is 11.2. The standard InChI is InChI=1S/C21H25FN10O12P2/c22-9-13-7(42-19(9)31-4-27-10-15(23)25-3-26-16(10)31)2-41-46(37,38)44-14-8(1-40-45(35,36)6-39-13)43-20(12(14)33)32-5-28-11-17(32)29-21(24)30-18(11)34/h3-5,7-9,12-14,19-20,33H,1-2,6H2,(H,35,36)(H,37,38)(H2,23,25,26)(H3,24,29,30,34)/t7-,8-,9?,12?,13?,14?,19-,20-/m1/s1. The molecule has 7 rings (SSSR count). The third-order valence-electron chi connectivity index (χ3n) is 7.49. The molecule has 3 saturated heterocycles. The van der Waals surface area contributed by atoms with E-state index in [-0.39, 0.29) is 34.1 Å². The second kappa shape index (κ2) is 11.3. The van der Waals surface area contributed by atoms with Gasteiger partial charge in [0.15, 0.2) is 41.3 Å². The number of aromatic amines is 1. The van der Waals surface area contributed by atoms with E-state index >= 15 is 4.39 Å². The minimum absolute atomic E-state index is 0.0185. The van der Waals surface area contributed by atoms with Crippen LogP contribution < -0.4 is 17.0 Å². The number of imidazole rings is 2. The summed E-state index contributed by atoms with van der Waals surface area (Å²) in [6, 6.07) is 0. The third-order valence-corrected chi connectivity index (χ3v) is 9.50. The average molecular weight is 690 g/mol. The van der Waals surface area contributed by atoms with Crippen molar-refractivity contribution in [1.29, 1.82) is 0 Å². The molecule has 46 heavy (non-hydrogen) atoms. The molecule has 0 amide bonds. The monoisotopic (exact) mass is 690 g/mol. The molecule has 10 atom stereocenters. The lowest BCUT2D eigenvalue weighted by atomic mass is 10.1. The van der Waals surface area contributed by atoms with Crippen LogP contribution in [0, 0.1) is 0 Å². The lowest BCUT2D eigenvalue weighted by Gasteiger charge is -2.24. The molecule has 6 unspecified atom stereocenters. The number of rotatable bonds is 2. The van der Waals surface area contributed by atoms with Gasteiger partial charge in [-0.25, -0.2) is 28.9 Å². The Morgan fingerprint density at radius 1 is 0.935 bits per heavy atom. The maximum atomic E-state index is 15.8. The molecule has 0 radical (unpaired) electrons. The van der Waals surface area contributed by atoms with Crippen molar-refractivity contribution in [3.63, 3.8) is 0 Å². The zero-order valence-electron chi connectivity index (χ0n) is 23.0. The van der Waals surface area contributed by atoms with Crippen molar-refractivity contribution in [2.24, 2.45) is 0 Å². The molecule has 25 heteroatoms. The maximum Gasteiger partial charge on any atom is 0.472 e. The van der Waals surface area contributed by atoms with Crippen LogP contribution in [0.5, 0.6) is 0 Å². The zero-order valence-corrected chi connectivity index (χ0v) is 24.8. The van der Waals surface area contributed by atoms with Gasteiger partial charge >= 0.3 is 15.4 Å². The Morgan fingerprint density at radius 2 is 1.61 bits per heavy atom. The van der Waals surface area contributed by atoms with Gasteiger partial charge in [-0.15, -0.1) is 0 Å². The molecule has 22 nitrogen and oxygen atoms in total. The highest BCUT2D eigenvalue weighted by Gasteiger charge is 2.53. The van der Waals surface area contributed by atoms with Crippen LogP contribution in [-0.2, 0) is 36.9 Å². The Balaban J connectivity index is 1.16. The van der Waals surface area contributed by atoms with E-state index in [1.54, 1.807) is 0 Å². The third kappa shape index (κ3) is 5.48. The van der Waals surface area contributed by atoms with Gasteiger partial charge in [0.1, 0.15) is 48.7 Å². The van der Waals surface area contributed by atoms with Crippen LogP contribution >= 0.6 is 15.4 Å². The first-order chi connectivity index (χ1) is 21.8. The van der Waals surface area contributed by atoms with Crippen molar-refractivity contribution in [3.05, 3.63) is 29.3 Å². The topological polar surface area (TPSA) is 309 Å². The Kier molecular flexibility index (Phi) is 7.68. The number of aromatic nitrogens is 8. The summed E-state index contributed by atoms with van der Waals surface area (Å²) in [4.78, 5) is 55.5. The smallest absolute Gasteiger partial charge is 0.386 e. The van der Waals surface area contributed by atoms with Crippen molar-refractivity contribution < 1.29 is 56.2 Å². The van der Waals surface area contributed by atoms with Gasteiger partial charge in [0, 0.05) is 0 Å². The summed E-state index contributed by atoms with van der Waals surface area (Å²) in [5.74, 6) is -0.253. The van der Waals surface area contributed by atoms with Gasteiger partial charge in [0.05, 0.1) is 25.9 Å². The van der Waals surface area contributed by atoms with Gasteiger partial charge in [-0.1, -0.05) is 0 Å². The zero-order chi connectivity index (χ0) is 32.5. The number of alkyl halides is 1. The van der Waals surface area contributed by atoms with E-state index < -0.39 is 89.7 Å². The van der Waals surface area contributed by atoms with Crippen LogP contribution in [0.15, 0.2) is 23.8 Å².